The van der Waals surface area contributed by atoms with E-state index in [1.165, 1.54) is 6.92 Å². The summed E-state index contributed by atoms with van der Waals surface area (Å²) in [6.45, 7) is 7.00. The molecule has 3 N–H and O–H groups in total. The third-order valence-corrected chi connectivity index (χ3v) is 2.44. The lowest BCUT2D eigenvalue weighted by molar-refractivity contribution is -0.124. The number of hydrogen-bond donors (Lipinski definition) is 3. The van der Waals surface area contributed by atoms with Gasteiger partial charge in [-0.1, -0.05) is 0 Å². The number of phenols is 1. The molecule has 5 nitrogen and oxygen atoms in total. The van der Waals surface area contributed by atoms with Crippen molar-refractivity contribution < 1.29 is 19.1 Å². The Morgan fingerprint density at radius 2 is 1.90 bits per heavy atom. The molecule has 0 aliphatic carbocycles. The summed E-state index contributed by atoms with van der Waals surface area (Å²) in [6.07, 6.45) is 0. The quantitative estimate of drug-likeness (QED) is 0.787. The van der Waals surface area contributed by atoms with E-state index in [9.17, 15) is 19.1 Å². The zero-order valence-electron chi connectivity index (χ0n) is 12.0. The van der Waals surface area contributed by atoms with Gasteiger partial charge >= 0.3 is 0 Å². The molecule has 20 heavy (non-hydrogen) atoms. The molecule has 1 unspecified atom stereocenters. The average Bonchev–Trinajstić information content (AvgIpc) is 2.26. The van der Waals surface area contributed by atoms with Crippen molar-refractivity contribution in [2.75, 3.05) is 0 Å². The fraction of sp³-hybridized carbons (Fsp3) is 0.429. The summed E-state index contributed by atoms with van der Waals surface area (Å²) in [6, 6.07) is 2.30. The number of rotatable bonds is 3. The number of carbonyl (C=O) groups is 2. The Labute approximate surface area is 117 Å². The molecule has 0 heterocycles. The maximum Gasteiger partial charge on any atom is 0.255 e. The van der Waals surface area contributed by atoms with Gasteiger partial charge in [0.05, 0.1) is 5.56 Å². The summed E-state index contributed by atoms with van der Waals surface area (Å²) in [5.41, 5.74) is -0.490. The van der Waals surface area contributed by atoms with Crippen LogP contribution in [0.15, 0.2) is 18.2 Å². The van der Waals surface area contributed by atoms with Crippen LogP contribution >= 0.6 is 0 Å². The zero-order valence-corrected chi connectivity index (χ0v) is 12.0. The lowest BCUT2D eigenvalue weighted by Crippen LogP contribution is -2.50. The number of carbonyl (C=O) groups excluding carboxylic acids is 2. The first-order valence-electron chi connectivity index (χ1n) is 6.21. The average molecular weight is 282 g/mol. The van der Waals surface area contributed by atoms with Gasteiger partial charge in [-0.15, -0.1) is 0 Å². The van der Waals surface area contributed by atoms with E-state index in [0.29, 0.717) is 0 Å². The van der Waals surface area contributed by atoms with Crippen molar-refractivity contribution in [3.8, 4) is 5.75 Å². The monoisotopic (exact) mass is 282 g/mol. The summed E-state index contributed by atoms with van der Waals surface area (Å²) in [5.74, 6) is -2.09. The number of amides is 2. The van der Waals surface area contributed by atoms with Crippen LogP contribution in [0.2, 0.25) is 0 Å². The number of halogens is 1. The summed E-state index contributed by atoms with van der Waals surface area (Å²) < 4.78 is 12.8. The van der Waals surface area contributed by atoms with Crippen LogP contribution in [0.1, 0.15) is 38.1 Å². The number of benzene rings is 1. The van der Waals surface area contributed by atoms with Crippen molar-refractivity contribution in [1.82, 2.24) is 10.6 Å². The van der Waals surface area contributed by atoms with E-state index >= 15 is 0 Å². The van der Waals surface area contributed by atoms with Crippen molar-refractivity contribution >= 4 is 11.8 Å². The highest BCUT2D eigenvalue weighted by atomic mass is 19.1. The number of nitrogens with one attached hydrogen (secondary N) is 2. The normalized spacial score (nSPS) is 12.7. The lowest BCUT2D eigenvalue weighted by atomic mass is 10.1. The molecule has 0 saturated heterocycles. The van der Waals surface area contributed by atoms with E-state index in [2.05, 4.69) is 10.6 Å². The van der Waals surface area contributed by atoms with E-state index in [1.54, 1.807) is 0 Å². The number of hydrogen-bond acceptors (Lipinski definition) is 3. The van der Waals surface area contributed by atoms with E-state index in [4.69, 9.17) is 0 Å². The summed E-state index contributed by atoms with van der Waals surface area (Å²) in [4.78, 5) is 23.7. The Bertz CT molecular complexity index is 524. The van der Waals surface area contributed by atoms with Crippen LogP contribution in [-0.4, -0.2) is 28.5 Å². The molecule has 110 valence electrons. The van der Waals surface area contributed by atoms with Crippen LogP contribution in [0.25, 0.3) is 0 Å². The van der Waals surface area contributed by atoms with Gasteiger partial charge < -0.3 is 15.7 Å². The molecule has 0 fully saturated rings. The second-order valence-corrected chi connectivity index (χ2v) is 5.60. The van der Waals surface area contributed by atoms with Crippen molar-refractivity contribution in [1.29, 1.82) is 0 Å². The smallest absolute Gasteiger partial charge is 0.255 e. The first-order chi connectivity index (χ1) is 9.10. The molecule has 1 aromatic carbocycles. The largest absolute Gasteiger partial charge is 0.507 e. The maximum atomic E-state index is 12.8. The van der Waals surface area contributed by atoms with Gasteiger partial charge in [-0.3, -0.25) is 9.59 Å². The molecule has 2 amide bonds. The van der Waals surface area contributed by atoms with E-state index < -0.39 is 29.1 Å². The number of aromatic hydroxyl groups is 1. The molecule has 1 atom stereocenters. The van der Waals surface area contributed by atoms with Crippen molar-refractivity contribution in [3.05, 3.63) is 29.6 Å². The van der Waals surface area contributed by atoms with Crippen LogP contribution in [0, 0.1) is 5.82 Å². The number of phenolic OH excluding ortho intramolecular Hbond substituents is 1. The summed E-state index contributed by atoms with van der Waals surface area (Å²) in [5, 5.41) is 14.7. The fourth-order valence-electron chi connectivity index (χ4n) is 1.51. The van der Waals surface area contributed by atoms with Gasteiger partial charge in [-0.25, -0.2) is 4.39 Å². The minimum absolute atomic E-state index is 0.0817. The standard InChI is InChI=1S/C14H19FN2O3/c1-8(12(19)17-14(2,3)4)16-13(20)10-6-5-9(15)7-11(10)18/h5-8,18H,1-4H3,(H,16,20)(H,17,19). The highest BCUT2D eigenvalue weighted by molar-refractivity contribution is 5.99. The van der Waals surface area contributed by atoms with E-state index in [1.807, 2.05) is 20.8 Å². The second-order valence-electron chi connectivity index (χ2n) is 5.60. The molecule has 0 radical (unpaired) electrons. The van der Waals surface area contributed by atoms with Gasteiger partial charge in [0.1, 0.15) is 17.6 Å². The van der Waals surface area contributed by atoms with Crippen LogP contribution in [0.5, 0.6) is 5.75 Å². The molecule has 0 saturated carbocycles. The summed E-state index contributed by atoms with van der Waals surface area (Å²) >= 11 is 0. The second kappa shape index (κ2) is 5.90. The molecule has 0 aromatic heterocycles. The Hall–Kier alpha value is -2.11. The topological polar surface area (TPSA) is 78.4 Å². The highest BCUT2D eigenvalue weighted by Gasteiger charge is 2.22. The van der Waals surface area contributed by atoms with Gasteiger partial charge in [0, 0.05) is 11.6 Å². The Morgan fingerprint density at radius 1 is 1.30 bits per heavy atom. The van der Waals surface area contributed by atoms with Crippen molar-refractivity contribution in [2.24, 2.45) is 0 Å². The minimum Gasteiger partial charge on any atom is -0.507 e. The lowest BCUT2D eigenvalue weighted by Gasteiger charge is -2.23. The van der Waals surface area contributed by atoms with Crippen LogP contribution in [-0.2, 0) is 4.79 Å². The molecule has 1 rings (SSSR count). The Morgan fingerprint density at radius 3 is 2.40 bits per heavy atom. The Kier molecular flexibility index (Phi) is 4.70. The van der Waals surface area contributed by atoms with E-state index in [-0.39, 0.29) is 11.5 Å². The predicted octanol–water partition coefficient (Wildman–Crippen LogP) is 1.56. The Balaban J connectivity index is 2.73. The van der Waals surface area contributed by atoms with Crippen molar-refractivity contribution in [3.63, 3.8) is 0 Å². The van der Waals surface area contributed by atoms with Crippen molar-refractivity contribution in [2.45, 2.75) is 39.3 Å². The maximum absolute atomic E-state index is 12.8. The van der Waals surface area contributed by atoms with Gasteiger partial charge in [0.15, 0.2) is 0 Å². The van der Waals surface area contributed by atoms with Gasteiger partial charge in [0.25, 0.3) is 5.91 Å². The van der Waals surface area contributed by atoms with E-state index in [0.717, 1.165) is 18.2 Å². The molecular weight excluding hydrogens is 263 g/mol. The highest BCUT2D eigenvalue weighted by Crippen LogP contribution is 2.17. The fourth-order valence-corrected chi connectivity index (χ4v) is 1.51. The first-order valence-corrected chi connectivity index (χ1v) is 6.21. The third kappa shape index (κ3) is 4.53. The van der Waals surface area contributed by atoms with Gasteiger partial charge in [0.2, 0.25) is 5.91 Å². The van der Waals surface area contributed by atoms with Crippen LogP contribution in [0.4, 0.5) is 4.39 Å². The summed E-state index contributed by atoms with van der Waals surface area (Å²) in [7, 11) is 0. The third-order valence-electron chi connectivity index (χ3n) is 2.44. The molecule has 0 bridgehead atoms. The van der Waals surface area contributed by atoms with Gasteiger partial charge in [-0.05, 0) is 39.8 Å². The molecule has 0 spiro atoms. The predicted molar refractivity (Wildman–Crippen MR) is 72.9 cm³/mol. The first kappa shape index (κ1) is 15.9. The molecular formula is C14H19FN2O3. The molecule has 0 aliphatic rings. The molecule has 1 aromatic rings. The van der Waals surface area contributed by atoms with Crippen LogP contribution in [0.3, 0.4) is 0 Å². The molecule has 6 heteroatoms. The molecule has 0 aliphatic heterocycles. The van der Waals surface area contributed by atoms with Crippen LogP contribution < -0.4 is 10.6 Å². The zero-order chi connectivity index (χ0) is 15.5. The minimum atomic E-state index is -0.772. The SMILES string of the molecule is CC(NC(=O)c1ccc(F)cc1O)C(=O)NC(C)(C)C. The van der Waals surface area contributed by atoms with Gasteiger partial charge in [-0.2, -0.15) is 0 Å².